The molecular weight excluding hydrogens is 312 g/mol. The summed E-state index contributed by atoms with van der Waals surface area (Å²) in [5.74, 6) is 0.921. The van der Waals surface area contributed by atoms with Crippen molar-refractivity contribution in [2.75, 3.05) is 6.61 Å². The van der Waals surface area contributed by atoms with E-state index in [1.54, 1.807) is 19.1 Å². The molecule has 0 atom stereocenters. The third-order valence-electron chi connectivity index (χ3n) is 4.15. The second-order valence-electron chi connectivity index (χ2n) is 6.67. The van der Waals surface area contributed by atoms with Gasteiger partial charge in [0.15, 0.2) is 0 Å². The Bertz CT molecular complexity index is 490. The van der Waals surface area contributed by atoms with Crippen molar-refractivity contribution in [3.8, 4) is 11.5 Å². The van der Waals surface area contributed by atoms with Crippen LogP contribution in [-0.2, 0) is 4.79 Å². The summed E-state index contributed by atoms with van der Waals surface area (Å²) in [5.41, 5.74) is 0.390. The molecule has 0 unspecified atom stereocenters. The lowest BCUT2D eigenvalue weighted by Crippen LogP contribution is -2.08. The molecule has 1 rings (SSSR count). The van der Waals surface area contributed by atoms with E-state index in [-0.39, 0.29) is 0 Å². The number of carbonyl (C=O) groups is 1. The van der Waals surface area contributed by atoms with Crippen LogP contribution in [0.3, 0.4) is 0 Å². The van der Waals surface area contributed by atoms with E-state index in [0.717, 1.165) is 18.8 Å². The van der Waals surface area contributed by atoms with Gasteiger partial charge in [-0.3, -0.25) is 0 Å². The molecule has 3 nitrogen and oxygen atoms in total. The lowest BCUT2D eigenvalue weighted by molar-refractivity contribution is -0.130. The summed E-state index contributed by atoms with van der Waals surface area (Å²) in [6.45, 7) is 8.19. The molecule has 0 bridgehead atoms. The molecule has 0 fully saturated rings. The molecule has 140 valence electrons. The van der Waals surface area contributed by atoms with Crippen LogP contribution in [0.1, 0.15) is 78.1 Å². The Morgan fingerprint density at radius 3 is 1.84 bits per heavy atom. The minimum absolute atomic E-state index is 0.390. The summed E-state index contributed by atoms with van der Waals surface area (Å²) in [6.07, 6.45) is 13.2. The van der Waals surface area contributed by atoms with Crippen LogP contribution >= 0.6 is 0 Å². The first-order chi connectivity index (χ1) is 12.1. The number of benzene rings is 1. The molecule has 25 heavy (non-hydrogen) atoms. The van der Waals surface area contributed by atoms with Gasteiger partial charge in [-0.05, 0) is 37.6 Å². The van der Waals surface area contributed by atoms with E-state index in [9.17, 15) is 4.79 Å². The molecule has 0 heterocycles. The molecule has 0 N–H and O–H groups in total. The van der Waals surface area contributed by atoms with Crippen LogP contribution in [0.4, 0.5) is 0 Å². The summed E-state index contributed by atoms with van der Waals surface area (Å²) in [6, 6.07) is 7.15. The Morgan fingerprint density at radius 2 is 1.32 bits per heavy atom. The van der Waals surface area contributed by atoms with Crippen LogP contribution in [-0.4, -0.2) is 12.6 Å². The van der Waals surface area contributed by atoms with E-state index in [0.29, 0.717) is 11.3 Å². The number of carbonyl (C=O) groups excluding carboxylic acids is 1. The number of hydrogen-bond donors (Lipinski definition) is 0. The van der Waals surface area contributed by atoms with Crippen LogP contribution in [0.15, 0.2) is 36.4 Å². The SMILES string of the molecule is C=C(C)C(=O)Oc1ccc(OCCCCCCCCCCCC)cc1. The maximum absolute atomic E-state index is 11.4. The monoisotopic (exact) mass is 346 g/mol. The molecule has 0 aromatic heterocycles. The van der Waals surface area contributed by atoms with Gasteiger partial charge < -0.3 is 9.47 Å². The Balaban J connectivity index is 2.03. The van der Waals surface area contributed by atoms with E-state index in [1.807, 2.05) is 12.1 Å². The van der Waals surface area contributed by atoms with Crippen molar-refractivity contribution in [2.24, 2.45) is 0 Å². The van der Waals surface area contributed by atoms with E-state index < -0.39 is 5.97 Å². The van der Waals surface area contributed by atoms with Gasteiger partial charge in [-0.15, -0.1) is 0 Å². The van der Waals surface area contributed by atoms with E-state index in [2.05, 4.69) is 13.5 Å². The zero-order valence-corrected chi connectivity index (χ0v) is 16.0. The smallest absolute Gasteiger partial charge is 0.338 e. The number of unbranched alkanes of at least 4 members (excludes halogenated alkanes) is 9. The first kappa shape index (κ1) is 21.3. The van der Waals surface area contributed by atoms with Crippen molar-refractivity contribution in [1.29, 1.82) is 0 Å². The molecule has 0 spiro atoms. The second-order valence-corrected chi connectivity index (χ2v) is 6.67. The molecule has 0 aliphatic carbocycles. The Kier molecular flexibility index (Phi) is 11.5. The maximum Gasteiger partial charge on any atom is 0.338 e. The number of hydrogen-bond acceptors (Lipinski definition) is 3. The van der Waals surface area contributed by atoms with E-state index in [1.165, 1.54) is 57.8 Å². The van der Waals surface area contributed by atoms with Crippen molar-refractivity contribution in [1.82, 2.24) is 0 Å². The van der Waals surface area contributed by atoms with Gasteiger partial charge >= 0.3 is 5.97 Å². The first-order valence-electron chi connectivity index (χ1n) is 9.74. The van der Waals surface area contributed by atoms with Gasteiger partial charge in [0.25, 0.3) is 0 Å². The molecule has 0 aliphatic heterocycles. The largest absolute Gasteiger partial charge is 0.494 e. The van der Waals surface area contributed by atoms with Crippen molar-refractivity contribution in [2.45, 2.75) is 78.1 Å². The molecule has 0 radical (unpaired) electrons. The molecule has 0 aliphatic rings. The molecule has 0 saturated heterocycles. The Labute approximate surface area is 153 Å². The van der Waals surface area contributed by atoms with Gasteiger partial charge in [-0.25, -0.2) is 4.79 Å². The predicted molar refractivity (Wildman–Crippen MR) is 104 cm³/mol. The lowest BCUT2D eigenvalue weighted by Gasteiger charge is -2.08. The van der Waals surface area contributed by atoms with Crippen LogP contribution < -0.4 is 9.47 Å². The molecule has 0 amide bonds. The third-order valence-corrected chi connectivity index (χ3v) is 4.15. The predicted octanol–water partition coefficient (Wildman–Crippen LogP) is 6.47. The highest BCUT2D eigenvalue weighted by atomic mass is 16.5. The summed E-state index contributed by atoms with van der Waals surface area (Å²) in [7, 11) is 0. The van der Waals surface area contributed by atoms with Gasteiger partial charge in [0.1, 0.15) is 11.5 Å². The highest BCUT2D eigenvalue weighted by Crippen LogP contribution is 2.19. The van der Waals surface area contributed by atoms with Gasteiger partial charge in [0, 0.05) is 5.57 Å². The quantitative estimate of drug-likeness (QED) is 0.168. The van der Waals surface area contributed by atoms with Gasteiger partial charge in [-0.2, -0.15) is 0 Å². The average Bonchev–Trinajstić information content (AvgIpc) is 2.61. The third kappa shape index (κ3) is 10.6. The van der Waals surface area contributed by atoms with Crippen molar-refractivity contribution in [3.05, 3.63) is 36.4 Å². The van der Waals surface area contributed by atoms with Gasteiger partial charge in [0.2, 0.25) is 0 Å². The van der Waals surface area contributed by atoms with Crippen molar-refractivity contribution >= 4 is 5.97 Å². The van der Waals surface area contributed by atoms with Crippen LogP contribution in [0, 0.1) is 0 Å². The van der Waals surface area contributed by atoms with Crippen LogP contribution in [0.2, 0.25) is 0 Å². The second kappa shape index (κ2) is 13.5. The molecular formula is C22H34O3. The lowest BCUT2D eigenvalue weighted by atomic mass is 10.1. The fraction of sp³-hybridized carbons (Fsp3) is 0.591. The van der Waals surface area contributed by atoms with E-state index >= 15 is 0 Å². The Hall–Kier alpha value is -1.77. The topological polar surface area (TPSA) is 35.5 Å². The number of ether oxygens (including phenoxy) is 2. The average molecular weight is 347 g/mol. The molecule has 1 aromatic rings. The van der Waals surface area contributed by atoms with Crippen molar-refractivity contribution < 1.29 is 14.3 Å². The van der Waals surface area contributed by atoms with Gasteiger partial charge in [-0.1, -0.05) is 71.3 Å². The van der Waals surface area contributed by atoms with Gasteiger partial charge in [0.05, 0.1) is 6.61 Å². The highest BCUT2D eigenvalue weighted by molar-refractivity contribution is 5.88. The number of esters is 1. The number of rotatable bonds is 14. The zero-order chi connectivity index (χ0) is 18.3. The minimum atomic E-state index is -0.404. The normalized spacial score (nSPS) is 10.5. The summed E-state index contributed by atoms with van der Waals surface area (Å²) in [4.78, 5) is 11.4. The fourth-order valence-electron chi connectivity index (χ4n) is 2.58. The molecule has 1 aromatic carbocycles. The summed E-state index contributed by atoms with van der Waals surface area (Å²) in [5, 5.41) is 0. The Morgan fingerprint density at radius 1 is 0.840 bits per heavy atom. The molecule has 3 heteroatoms. The first-order valence-corrected chi connectivity index (χ1v) is 9.74. The van der Waals surface area contributed by atoms with E-state index in [4.69, 9.17) is 9.47 Å². The minimum Gasteiger partial charge on any atom is -0.494 e. The molecule has 0 saturated carbocycles. The fourth-order valence-corrected chi connectivity index (χ4v) is 2.58. The standard InChI is InChI=1S/C22H34O3/c1-4-5-6-7-8-9-10-11-12-13-18-24-20-14-16-21(17-15-20)25-22(23)19(2)3/h14-17H,2,4-13,18H2,1,3H3. The summed E-state index contributed by atoms with van der Waals surface area (Å²) < 4.78 is 10.9. The van der Waals surface area contributed by atoms with Crippen molar-refractivity contribution in [3.63, 3.8) is 0 Å². The zero-order valence-electron chi connectivity index (χ0n) is 16.0. The van der Waals surface area contributed by atoms with Crippen LogP contribution in [0.25, 0.3) is 0 Å². The summed E-state index contributed by atoms with van der Waals surface area (Å²) >= 11 is 0. The maximum atomic E-state index is 11.4. The van der Waals surface area contributed by atoms with Crippen LogP contribution in [0.5, 0.6) is 11.5 Å². The highest BCUT2D eigenvalue weighted by Gasteiger charge is 2.05.